The van der Waals surface area contributed by atoms with Gasteiger partial charge in [-0.25, -0.2) is 4.79 Å². The number of carboxylic acid groups (broad SMARTS) is 1. The highest BCUT2D eigenvalue weighted by molar-refractivity contribution is 5.88. The Hall–Kier alpha value is -3.35. The summed E-state index contributed by atoms with van der Waals surface area (Å²) in [6.45, 7) is 3.26. The molecule has 1 aliphatic carbocycles. The van der Waals surface area contributed by atoms with E-state index < -0.39 is 30.6 Å². The molecular weight excluding hydrogens is 384 g/mol. The molecule has 7 heteroatoms. The van der Waals surface area contributed by atoms with Crippen LogP contribution in [0.15, 0.2) is 48.5 Å². The molecule has 0 saturated heterocycles. The highest BCUT2D eigenvalue weighted by Gasteiger charge is 2.31. The van der Waals surface area contributed by atoms with Crippen molar-refractivity contribution in [2.45, 2.75) is 25.8 Å². The van der Waals surface area contributed by atoms with Gasteiger partial charge >= 0.3 is 12.1 Å². The zero-order valence-electron chi connectivity index (χ0n) is 17.3. The fraction of sp³-hybridized carbons (Fsp3) is 0.348. The third-order valence-corrected chi connectivity index (χ3v) is 5.30. The molecule has 0 aliphatic heterocycles. The van der Waals surface area contributed by atoms with Crippen LogP contribution in [0.1, 0.15) is 30.9 Å². The fourth-order valence-electron chi connectivity index (χ4n) is 3.80. The first-order valence-electron chi connectivity index (χ1n) is 9.88. The van der Waals surface area contributed by atoms with Crippen molar-refractivity contribution >= 4 is 18.0 Å². The van der Waals surface area contributed by atoms with Crippen molar-refractivity contribution in [3.05, 3.63) is 59.7 Å². The second-order valence-corrected chi connectivity index (χ2v) is 7.78. The zero-order valence-corrected chi connectivity index (χ0v) is 17.3. The van der Waals surface area contributed by atoms with Crippen LogP contribution < -0.4 is 5.32 Å². The smallest absolute Gasteiger partial charge is 0.407 e. The summed E-state index contributed by atoms with van der Waals surface area (Å²) in [6.07, 6.45) is -0.701. The number of rotatable bonds is 7. The van der Waals surface area contributed by atoms with E-state index in [0.29, 0.717) is 0 Å². The Morgan fingerprint density at radius 1 is 1.03 bits per heavy atom. The van der Waals surface area contributed by atoms with E-state index in [9.17, 15) is 14.4 Å². The lowest BCUT2D eigenvalue weighted by Crippen LogP contribution is -2.51. The minimum absolute atomic E-state index is 0.0777. The third-order valence-electron chi connectivity index (χ3n) is 5.30. The van der Waals surface area contributed by atoms with Gasteiger partial charge in [-0.3, -0.25) is 9.59 Å². The second kappa shape index (κ2) is 8.98. The number of carboxylic acids is 1. The largest absolute Gasteiger partial charge is 0.480 e. The Balaban J connectivity index is 1.68. The molecule has 2 N–H and O–H groups in total. The first-order chi connectivity index (χ1) is 14.3. The standard InChI is InChI=1S/C23H26N2O5/c1-14(2)21(22(28)25(3)12-20(26)27)24-23(29)30-13-19-17-10-6-4-8-15(17)16-9-5-7-11-18(16)19/h4-11,14,19,21H,12-13H2,1-3H3,(H,24,29)(H,26,27)/t21-/m0/s1. The molecule has 0 unspecified atom stereocenters. The summed E-state index contributed by atoms with van der Waals surface area (Å²) in [6, 6.07) is 15.2. The fourth-order valence-corrected chi connectivity index (χ4v) is 3.80. The van der Waals surface area contributed by atoms with Gasteiger partial charge in [0.2, 0.25) is 5.91 Å². The summed E-state index contributed by atoms with van der Waals surface area (Å²) in [5.74, 6) is -1.89. The molecule has 2 amide bonds. The van der Waals surface area contributed by atoms with Gasteiger partial charge in [-0.15, -0.1) is 0 Å². The van der Waals surface area contributed by atoms with Crippen molar-refractivity contribution in [1.29, 1.82) is 0 Å². The van der Waals surface area contributed by atoms with E-state index in [1.54, 1.807) is 13.8 Å². The van der Waals surface area contributed by atoms with Gasteiger partial charge in [-0.2, -0.15) is 0 Å². The molecule has 0 bridgehead atoms. The van der Waals surface area contributed by atoms with Crippen LogP contribution in [0.5, 0.6) is 0 Å². The molecule has 1 atom stereocenters. The highest BCUT2D eigenvalue weighted by atomic mass is 16.5. The number of ether oxygens (including phenoxy) is 1. The summed E-state index contributed by atoms with van der Waals surface area (Å²) < 4.78 is 5.49. The number of carbonyl (C=O) groups excluding carboxylic acids is 2. The first-order valence-corrected chi connectivity index (χ1v) is 9.88. The summed E-state index contributed by atoms with van der Waals surface area (Å²) in [5.41, 5.74) is 4.47. The van der Waals surface area contributed by atoms with Gasteiger partial charge in [0.15, 0.2) is 0 Å². The van der Waals surface area contributed by atoms with Crippen LogP contribution in [0.2, 0.25) is 0 Å². The van der Waals surface area contributed by atoms with Gasteiger partial charge in [-0.1, -0.05) is 62.4 Å². The maximum absolute atomic E-state index is 12.5. The molecule has 7 nitrogen and oxygen atoms in total. The quantitative estimate of drug-likeness (QED) is 0.731. The number of nitrogens with zero attached hydrogens (tertiary/aromatic N) is 1. The Morgan fingerprint density at radius 2 is 1.57 bits per heavy atom. The molecule has 1 aliphatic rings. The molecule has 158 valence electrons. The molecule has 2 aromatic carbocycles. The normalized spacial score (nSPS) is 13.3. The summed E-state index contributed by atoms with van der Waals surface area (Å²) in [5, 5.41) is 11.5. The lowest BCUT2D eigenvalue weighted by molar-refractivity contribution is -0.144. The van der Waals surface area contributed by atoms with E-state index in [2.05, 4.69) is 17.4 Å². The van der Waals surface area contributed by atoms with Gasteiger partial charge in [0, 0.05) is 13.0 Å². The molecule has 2 aromatic rings. The van der Waals surface area contributed by atoms with E-state index in [4.69, 9.17) is 9.84 Å². The summed E-state index contributed by atoms with van der Waals surface area (Å²) >= 11 is 0. The van der Waals surface area contributed by atoms with Gasteiger partial charge in [0.1, 0.15) is 19.2 Å². The number of fused-ring (bicyclic) bond motifs is 3. The minimum Gasteiger partial charge on any atom is -0.480 e. The Bertz CT molecular complexity index is 911. The van der Waals surface area contributed by atoms with Gasteiger partial charge in [0.25, 0.3) is 0 Å². The van der Waals surface area contributed by atoms with Crippen LogP contribution in [0.4, 0.5) is 4.79 Å². The van der Waals surface area contributed by atoms with Gasteiger partial charge in [0.05, 0.1) is 0 Å². The first kappa shape index (κ1) is 21.4. The molecule has 3 rings (SSSR count). The number of benzene rings is 2. The summed E-state index contributed by atoms with van der Waals surface area (Å²) in [4.78, 5) is 37.0. The number of aliphatic carboxylic acids is 1. The van der Waals surface area contributed by atoms with Crippen LogP contribution in [0.25, 0.3) is 11.1 Å². The van der Waals surface area contributed by atoms with Gasteiger partial charge in [-0.05, 0) is 28.2 Å². The van der Waals surface area contributed by atoms with Crippen molar-refractivity contribution in [3.63, 3.8) is 0 Å². The zero-order chi connectivity index (χ0) is 21.8. The van der Waals surface area contributed by atoms with Crippen molar-refractivity contribution < 1.29 is 24.2 Å². The van der Waals surface area contributed by atoms with Crippen molar-refractivity contribution in [1.82, 2.24) is 10.2 Å². The molecule has 0 aromatic heterocycles. The van der Waals surface area contributed by atoms with E-state index in [0.717, 1.165) is 27.2 Å². The average Bonchev–Trinajstić information content (AvgIpc) is 3.03. The second-order valence-electron chi connectivity index (χ2n) is 7.78. The maximum atomic E-state index is 12.5. The van der Waals surface area contributed by atoms with E-state index in [1.165, 1.54) is 7.05 Å². The maximum Gasteiger partial charge on any atom is 0.407 e. The highest BCUT2D eigenvalue weighted by Crippen LogP contribution is 2.44. The molecule has 0 fully saturated rings. The molecule has 0 saturated carbocycles. The molecule has 30 heavy (non-hydrogen) atoms. The van der Waals surface area contributed by atoms with E-state index >= 15 is 0 Å². The van der Waals surface area contributed by atoms with Crippen LogP contribution in [-0.4, -0.2) is 54.2 Å². The number of alkyl carbamates (subject to hydrolysis) is 1. The van der Waals surface area contributed by atoms with Gasteiger partial charge < -0.3 is 20.1 Å². The molecular formula is C23H26N2O5. The lowest BCUT2D eigenvalue weighted by atomic mass is 9.98. The number of likely N-dealkylation sites (N-methyl/N-ethyl adjacent to an activating group) is 1. The SMILES string of the molecule is CC(C)[C@H](NC(=O)OCC1c2ccccc2-c2ccccc21)C(=O)N(C)CC(=O)O. The molecule has 0 radical (unpaired) electrons. The number of amides is 2. The van der Waals surface area contributed by atoms with Crippen LogP contribution in [0.3, 0.4) is 0 Å². The van der Waals surface area contributed by atoms with Crippen molar-refractivity contribution in [2.24, 2.45) is 5.92 Å². The van der Waals surface area contributed by atoms with E-state index in [1.807, 2.05) is 36.4 Å². The molecule has 0 spiro atoms. The minimum atomic E-state index is -1.12. The van der Waals surface area contributed by atoms with Crippen molar-refractivity contribution in [3.8, 4) is 11.1 Å². The lowest BCUT2D eigenvalue weighted by Gasteiger charge is -2.26. The number of nitrogens with one attached hydrogen (secondary N) is 1. The average molecular weight is 410 g/mol. The van der Waals surface area contributed by atoms with Crippen LogP contribution >= 0.6 is 0 Å². The monoisotopic (exact) mass is 410 g/mol. The predicted molar refractivity (Wildman–Crippen MR) is 112 cm³/mol. The van der Waals surface area contributed by atoms with E-state index in [-0.39, 0.29) is 18.4 Å². The Labute approximate surface area is 175 Å². The molecule has 0 heterocycles. The van der Waals surface area contributed by atoms with Crippen molar-refractivity contribution in [2.75, 3.05) is 20.2 Å². The Morgan fingerprint density at radius 3 is 2.07 bits per heavy atom. The Kier molecular flexibility index (Phi) is 6.40. The summed E-state index contributed by atoms with van der Waals surface area (Å²) in [7, 11) is 1.39. The number of carbonyl (C=O) groups is 3. The number of hydrogen-bond acceptors (Lipinski definition) is 4. The van der Waals surface area contributed by atoms with Crippen LogP contribution in [-0.2, 0) is 14.3 Å². The third kappa shape index (κ3) is 4.45. The predicted octanol–water partition coefficient (Wildman–Crippen LogP) is 3.09. The topological polar surface area (TPSA) is 95.9 Å². The van der Waals surface area contributed by atoms with Crippen LogP contribution in [0, 0.1) is 5.92 Å². The number of hydrogen-bond donors (Lipinski definition) is 2.